The largest absolute Gasteiger partial charge is 0.275 e. The van der Waals surface area contributed by atoms with E-state index in [1.165, 1.54) is 12.1 Å². The Bertz CT molecular complexity index is 340. The molecule has 0 aromatic heterocycles. The highest BCUT2D eigenvalue weighted by Crippen LogP contribution is 2.23. The molecule has 0 amide bonds. The highest BCUT2D eigenvalue weighted by atomic mass is 127. The molecule has 0 radical (unpaired) electrons. The number of hydrogen-bond donors (Lipinski definition) is 0. The summed E-state index contributed by atoms with van der Waals surface area (Å²) >= 11 is 12.6. The maximum absolute atomic E-state index is 12.9. The van der Waals surface area contributed by atoms with Crippen LogP contribution in [0.25, 0.3) is 0 Å². The Morgan fingerprint density at radius 2 is 2.08 bits per heavy atom. The first-order chi connectivity index (χ1) is 5.52. The predicted octanol–water partition coefficient (Wildman–Crippen LogP) is 3.46. The molecular weight excluding hydrogens is 317 g/mol. The van der Waals surface area contributed by atoms with Crippen molar-refractivity contribution in [1.82, 2.24) is 0 Å². The summed E-state index contributed by atoms with van der Waals surface area (Å²) in [6, 6.07) is 2.38. The van der Waals surface area contributed by atoms with Crippen molar-refractivity contribution in [1.29, 1.82) is 0 Å². The number of rotatable bonds is 1. The summed E-state index contributed by atoms with van der Waals surface area (Å²) in [5.41, 5.74) is -0.193. The molecule has 0 heterocycles. The van der Waals surface area contributed by atoms with E-state index in [1.54, 1.807) is 0 Å². The van der Waals surface area contributed by atoms with E-state index < -0.39 is 11.1 Å². The Balaban J connectivity index is 3.33. The fourth-order valence-corrected chi connectivity index (χ4v) is 1.41. The van der Waals surface area contributed by atoms with Crippen molar-refractivity contribution in [3.8, 4) is 0 Å². The monoisotopic (exact) mass is 318 g/mol. The van der Waals surface area contributed by atoms with Gasteiger partial charge in [-0.3, -0.25) is 4.79 Å². The van der Waals surface area contributed by atoms with Crippen LogP contribution in [0.4, 0.5) is 4.39 Å². The molecule has 0 N–H and O–H groups in total. The van der Waals surface area contributed by atoms with Gasteiger partial charge >= 0.3 is 0 Å². The van der Waals surface area contributed by atoms with Gasteiger partial charge in [-0.05, 0) is 46.3 Å². The van der Waals surface area contributed by atoms with Crippen LogP contribution in [-0.4, -0.2) is 5.24 Å². The maximum atomic E-state index is 12.9. The molecule has 0 spiro atoms. The van der Waals surface area contributed by atoms with Crippen molar-refractivity contribution in [2.24, 2.45) is 0 Å². The van der Waals surface area contributed by atoms with Gasteiger partial charge in [0, 0.05) is 3.57 Å². The molecule has 12 heavy (non-hydrogen) atoms. The zero-order chi connectivity index (χ0) is 9.30. The fraction of sp³-hybridized carbons (Fsp3) is 0. The lowest BCUT2D eigenvalue weighted by molar-refractivity contribution is 0.107. The summed E-state index contributed by atoms with van der Waals surface area (Å²) < 4.78 is 13.5. The Morgan fingerprint density at radius 1 is 1.50 bits per heavy atom. The van der Waals surface area contributed by atoms with Crippen LogP contribution >= 0.6 is 45.8 Å². The molecule has 1 rings (SSSR count). The van der Waals surface area contributed by atoms with Crippen LogP contribution in [-0.2, 0) is 0 Å². The summed E-state index contributed by atoms with van der Waals surface area (Å²) in [5.74, 6) is -0.649. The molecule has 0 unspecified atom stereocenters. The van der Waals surface area contributed by atoms with E-state index in [0.717, 1.165) is 0 Å². The summed E-state index contributed by atoms with van der Waals surface area (Å²) in [5, 5.41) is -0.521. The SMILES string of the molecule is O=C(Cl)c1cc(Cl)c(I)cc1F. The minimum atomic E-state index is -0.842. The summed E-state index contributed by atoms with van der Waals surface area (Å²) in [6.07, 6.45) is 0. The van der Waals surface area contributed by atoms with Gasteiger partial charge in [0.2, 0.25) is 0 Å². The number of benzene rings is 1. The van der Waals surface area contributed by atoms with Crippen LogP contribution in [0, 0.1) is 9.39 Å². The third kappa shape index (κ3) is 2.08. The highest BCUT2D eigenvalue weighted by molar-refractivity contribution is 14.1. The molecule has 1 aromatic rings. The van der Waals surface area contributed by atoms with Gasteiger partial charge < -0.3 is 0 Å². The molecule has 0 saturated heterocycles. The van der Waals surface area contributed by atoms with Crippen LogP contribution in [0.1, 0.15) is 10.4 Å². The topological polar surface area (TPSA) is 17.1 Å². The summed E-state index contributed by atoms with van der Waals surface area (Å²) in [4.78, 5) is 10.6. The Labute approximate surface area is 92.0 Å². The molecule has 0 fully saturated rings. The zero-order valence-electron chi connectivity index (χ0n) is 5.57. The Hall–Kier alpha value is 0.130. The minimum Gasteiger partial charge on any atom is -0.275 e. The second-order valence-electron chi connectivity index (χ2n) is 2.02. The summed E-state index contributed by atoms with van der Waals surface area (Å²) in [7, 11) is 0. The number of carbonyl (C=O) groups excluding carboxylic acids is 1. The van der Waals surface area contributed by atoms with Crippen molar-refractivity contribution in [2.75, 3.05) is 0 Å². The highest BCUT2D eigenvalue weighted by Gasteiger charge is 2.11. The van der Waals surface area contributed by atoms with Gasteiger partial charge in [-0.15, -0.1) is 0 Å². The second kappa shape index (κ2) is 3.89. The number of carbonyl (C=O) groups is 1. The first-order valence-corrected chi connectivity index (χ1v) is 4.70. The molecule has 1 nitrogen and oxygen atoms in total. The van der Waals surface area contributed by atoms with E-state index in [9.17, 15) is 9.18 Å². The molecule has 0 aliphatic rings. The number of halogens is 4. The predicted molar refractivity (Wildman–Crippen MR) is 54.3 cm³/mol. The quantitative estimate of drug-likeness (QED) is 0.440. The molecule has 5 heteroatoms. The molecule has 0 aliphatic carbocycles. The van der Waals surface area contributed by atoms with Crippen molar-refractivity contribution in [2.45, 2.75) is 0 Å². The Morgan fingerprint density at radius 3 is 2.58 bits per heavy atom. The standard InChI is InChI=1S/C7H2Cl2FIO/c8-4-1-3(7(9)12)5(10)2-6(4)11/h1-2H. The van der Waals surface area contributed by atoms with E-state index in [1.807, 2.05) is 22.6 Å². The lowest BCUT2D eigenvalue weighted by atomic mass is 10.2. The van der Waals surface area contributed by atoms with Gasteiger partial charge in [0.15, 0.2) is 0 Å². The van der Waals surface area contributed by atoms with Crippen molar-refractivity contribution < 1.29 is 9.18 Å². The van der Waals surface area contributed by atoms with E-state index in [2.05, 4.69) is 0 Å². The summed E-state index contributed by atoms with van der Waals surface area (Å²) in [6.45, 7) is 0. The molecule has 64 valence electrons. The van der Waals surface area contributed by atoms with Crippen molar-refractivity contribution >= 4 is 51.0 Å². The average molecular weight is 319 g/mol. The van der Waals surface area contributed by atoms with Gasteiger partial charge in [0.25, 0.3) is 5.24 Å². The third-order valence-corrected chi connectivity index (χ3v) is 2.95. The lowest BCUT2D eigenvalue weighted by Crippen LogP contribution is -1.95. The maximum Gasteiger partial charge on any atom is 0.255 e. The van der Waals surface area contributed by atoms with E-state index in [4.69, 9.17) is 23.2 Å². The van der Waals surface area contributed by atoms with Crippen LogP contribution in [0.3, 0.4) is 0 Å². The van der Waals surface area contributed by atoms with Gasteiger partial charge in [0.1, 0.15) is 5.82 Å². The Kier molecular flexibility index (Phi) is 3.31. The third-order valence-electron chi connectivity index (χ3n) is 1.22. The minimum absolute atomic E-state index is 0.193. The van der Waals surface area contributed by atoms with Gasteiger partial charge in [-0.25, -0.2) is 4.39 Å². The molecule has 1 aromatic carbocycles. The average Bonchev–Trinajstić information content (AvgIpc) is 1.96. The zero-order valence-corrected chi connectivity index (χ0v) is 9.24. The normalized spacial score (nSPS) is 10.0. The van der Waals surface area contributed by atoms with Gasteiger partial charge in [0.05, 0.1) is 10.6 Å². The molecule has 0 atom stereocenters. The van der Waals surface area contributed by atoms with Crippen molar-refractivity contribution in [3.63, 3.8) is 0 Å². The molecular formula is C7H2Cl2FIO. The van der Waals surface area contributed by atoms with Gasteiger partial charge in [-0.2, -0.15) is 0 Å². The molecule has 0 saturated carbocycles. The van der Waals surface area contributed by atoms with Crippen LogP contribution < -0.4 is 0 Å². The van der Waals surface area contributed by atoms with E-state index >= 15 is 0 Å². The number of hydrogen-bond acceptors (Lipinski definition) is 1. The fourth-order valence-electron chi connectivity index (χ4n) is 0.673. The van der Waals surface area contributed by atoms with E-state index in [-0.39, 0.29) is 5.56 Å². The van der Waals surface area contributed by atoms with Crippen LogP contribution in [0.15, 0.2) is 12.1 Å². The second-order valence-corrected chi connectivity index (χ2v) is 3.93. The van der Waals surface area contributed by atoms with Gasteiger partial charge in [-0.1, -0.05) is 11.6 Å². The van der Waals surface area contributed by atoms with E-state index in [0.29, 0.717) is 8.59 Å². The lowest BCUT2D eigenvalue weighted by Gasteiger charge is -1.99. The molecule has 0 bridgehead atoms. The van der Waals surface area contributed by atoms with Crippen LogP contribution in [0.2, 0.25) is 5.02 Å². The first kappa shape index (κ1) is 10.2. The smallest absolute Gasteiger partial charge is 0.255 e. The first-order valence-electron chi connectivity index (χ1n) is 2.86. The molecule has 0 aliphatic heterocycles. The van der Waals surface area contributed by atoms with Crippen LogP contribution in [0.5, 0.6) is 0 Å². The van der Waals surface area contributed by atoms with Crippen molar-refractivity contribution in [3.05, 3.63) is 32.1 Å².